The highest BCUT2D eigenvalue weighted by atomic mass is 32.2. The Kier molecular flexibility index (Phi) is 12.9. The van der Waals surface area contributed by atoms with E-state index in [9.17, 15) is 9.90 Å². The molecular formula is C35H36O5S. The van der Waals surface area contributed by atoms with Gasteiger partial charge in [0.15, 0.2) is 6.29 Å². The standard InChI is InChI=1S/C35H36O5S/c36-24-33(38-25-28-14-5-1-6-15-28)35(40-27-30-18-9-3-10-19-30)34(39-26-29-16-7-2-8-17-29)32(37)22-13-23-41-31-20-11-4-12-21-31/h1-22,24,32-35,37H,23,25-27H2/b22-13+/t32-,33+,34-,35-/m1/s1. The van der Waals surface area contributed by atoms with Gasteiger partial charge >= 0.3 is 0 Å². The first-order valence-corrected chi connectivity index (χ1v) is 14.7. The van der Waals surface area contributed by atoms with Crippen LogP contribution in [0.3, 0.4) is 0 Å². The van der Waals surface area contributed by atoms with Crippen LogP contribution < -0.4 is 0 Å². The van der Waals surface area contributed by atoms with E-state index < -0.39 is 24.4 Å². The average molecular weight is 569 g/mol. The van der Waals surface area contributed by atoms with Crippen molar-refractivity contribution in [3.05, 3.63) is 150 Å². The van der Waals surface area contributed by atoms with Gasteiger partial charge in [0.2, 0.25) is 0 Å². The number of aliphatic hydroxyl groups excluding tert-OH is 1. The van der Waals surface area contributed by atoms with Gasteiger partial charge in [-0.2, -0.15) is 0 Å². The van der Waals surface area contributed by atoms with E-state index in [-0.39, 0.29) is 19.8 Å². The van der Waals surface area contributed by atoms with Crippen LogP contribution in [0.15, 0.2) is 138 Å². The van der Waals surface area contributed by atoms with E-state index in [1.165, 1.54) is 0 Å². The van der Waals surface area contributed by atoms with Crippen LogP contribution in [-0.4, -0.2) is 41.6 Å². The first-order chi connectivity index (χ1) is 20.2. The molecule has 0 aliphatic heterocycles. The molecule has 0 radical (unpaired) electrons. The fourth-order valence-electron chi connectivity index (χ4n) is 4.24. The summed E-state index contributed by atoms with van der Waals surface area (Å²) in [6.07, 6.45) is 0.600. The van der Waals surface area contributed by atoms with Gasteiger partial charge in [-0.3, -0.25) is 0 Å². The van der Waals surface area contributed by atoms with Crippen molar-refractivity contribution in [2.45, 2.75) is 49.1 Å². The molecule has 0 aliphatic rings. The summed E-state index contributed by atoms with van der Waals surface area (Å²) in [6.45, 7) is 0.696. The van der Waals surface area contributed by atoms with Gasteiger partial charge in [-0.1, -0.05) is 121 Å². The van der Waals surface area contributed by atoms with E-state index in [0.29, 0.717) is 5.75 Å². The largest absolute Gasteiger partial charge is 0.386 e. The van der Waals surface area contributed by atoms with Gasteiger partial charge in [0, 0.05) is 10.6 Å². The van der Waals surface area contributed by atoms with Crippen molar-refractivity contribution in [3.63, 3.8) is 0 Å². The number of hydrogen-bond acceptors (Lipinski definition) is 6. The van der Waals surface area contributed by atoms with Gasteiger partial charge in [-0.15, -0.1) is 11.8 Å². The molecule has 0 bridgehead atoms. The van der Waals surface area contributed by atoms with Crippen LogP contribution in [0.1, 0.15) is 16.7 Å². The van der Waals surface area contributed by atoms with Gasteiger partial charge in [-0.25, -0.2) is 0 Å². The zero-order valence-electron chi connectivity index (χ0n) is 22.9. The number of hydrogen-bond donors (Lipinski definition) is 1. The van der Waals surface area contributed by atoms with Gasteiger partial charge in [0.05, 0.1) is 19.8 Å². The Labute approximate surface area is 246 Å². The predicted octanol–water partition coefficient (Wildman–Crippen LogP) is 6.65. The number of rotatable bonds is 17. The molecule has 5 nitrogen and oxygen atoms in total. The minimum atomic E-state index is -1.04. The summed E-state index contributed by atoms with van der Waals surface area (Å²) in [5, 5.41) is 11.4. The number of thioether (sulfide) groups is 1. The molecule has 0 aromatic heterocycles. The third-order valence-electron chi connectivity index (χ3n) is 6.40. The molecule has 4 aromatic rings. The monoisotopic (exact) mass is 568 g/mol. The Hall–Kier alpha value is -3.52. The van der Waals surface area contributed by atoms with E-state index in [1.807, 2.05) is 127 Å². The average Bonchev–Trinajstić information content (AvgIpc) is 3.03. The Morgan fingerprint density at radius 1 is 0.610 bits per heavy atom. The molecule has 0 heterocycles. The second kappa shape index (κ2) is 17.3. The van der Waals surface area contributed by atoms with Crippen LogP contribution in [0.4, 0.5) is 0 Å². The first kappa shape index (κ1) is 30.4. The van der Waals surface area contributed by atoms with E-state index in [1.54, 1.807) is 17.8 Å². The van der Waals surface area contributed by atoms with Crippen LogP contribution >= 0.6 is 11.8 Å². The van der Waals surface area contributed by atoms with E-state index in [4.69, 9.17) is 14.2 Å². The molecule has 41 heavy (non-hydrogen) atoms. The lowest BCUT2D eigenvalue weighted by Gasteiger charge is -2.33. The molecule has 4 rings (SSSR count). The van der Waals surface area contributed by atoms with E-state index in [0.717, 1.165) is 27.9 Å². The van der Waals surface area contributed by atoms with Crippen molar-refractivity contribution in [3.8, 4) is 0 Å². The van der Waals surface area contributed by atoms with Crippen LogP contribution in [-0.2, 0) is 38.8 Å². The lowest BCUT2D eigenvalue weighted by molar-refractivity contribution is -0.173. The number of aliphatic hydroxyl groups is 1. The molecule has 1 N–H and O–H groups in total. The zero-order chi connectivity index (χ0) is 28.5. The second-order valence-electron chi connectivity index (χ2n) is 9.46. The zero-order valence-corrected chi connectivity index (χ0v) is 23.7. The van der Waals surface area contributed by atoms with Crippen molar-refractivity contribution in [2.24, 2.45) is 0 Å². The molecule has 0 amide bonds. The van der Waals surface area contributed by atoms with Crippen molar-refractivity contribution < 1.29 is 24.1 Å². The second-order valence-corrected chi connectivity index (χ2v) is 10.6. The lowest BCUT2D eigenvalue weighted by atomic mass is 10.0. The van der Waals surface area contributed by atoms with Crippen LogP contribution in [0, 0.1) is 0 Å². The molecule has 0 saturated carbocycles. The molecule has 6 heteroatoms. The maximum atomic E-state index is 12.4. The van der Waals surface area contributed by atoms with Crippen LogP contribution in [0.5, 0.6) is 0 Å². The summed E-state index contributed by atoms with van der Waals surface area (Å²) in [6, 6.07) is 39.2. The maximum Gasteiger partial charge on any atom is 0.151 e. The quantitative estimate of drug-likeness (QED) is 0.0874. The van der Waals surface area contributed by atoms with Crippen LogP contribution in [0.2, 0.25) is 0 Å². The highest BCUT2D eigenvalue weighted by Gasteiger charge is 2.36. The fourth-order valence-corrected chi connectivity index (χ4v) is 4.99. The third kappa shape index (κ3) is 10.4. The van der Waals surface area contributed by atoms with E-state index >= 15 is 0 Å². The summed E-state index contributed by atoms with van der Waals surface area (Å²) < 4.78 is 18.7. The Morgan fingerprint density at radius 3 is 1.54 bits per heavy atom. The molecular weight excluding hydrogens is 532 g/mol. The summed E-state index contributed by atoms with van der Waals surface area (Å²) in [5.41, 5.74) is 2.82. The van der Waals surface area contributed by atoms with Crippen molar-refractivity contribution >= 4 is 18.0 Å². The summed E-state index contributed by atoms with van der Waals surface area (Å²) in [5.74, 6) is 0.670. The Morgan fingerprint density at radius 2 is 1.05 bits per heavy atom. The SMILES string of the molecule is O=C[C@H](OCc1ccccc1)[C@@H](OCc1ccccc1)[C@H](OCc1ccccc1)[C@H](O)/C=C/CSc1ccccc1. The van der Waals surface area contributed by atoms with Crippen LogP contribution in [0.25, 0.3) is 0 Å². The van der Waals surface area contributed by atoms with Gasteiger partial charge in [-0.05, 0) is 28.8 Å². The fraction of sp³-hybridized carbons (Fsp3) is 0.229. The highest BCUT2D eigenvalue weighted by molar-refractivity contribution is 7.99. The van der Waals surface area contributed by atoms with Crippen molar-refractivity contribution in [1.29, 1.82) is 0 Å². The van der Waals surface area contributed by atoms with Gasteiger partial charge < -0.3 is 24.1 Å². The molecule has 0 spiro atoms. The smallest absolute Gasteiger partial charge is 0.151 e. The highest BCUT2D eigenvalue weighted by Crippen LogP contribution is 2.22. The molecule has 4 aromatic carbocycles. The minimum absolute atomic E-state index is 0.223. The Balaban J connectivity index is 1.54. The first-order valence-electron chi connectivity index (χ1n) is 13.7. The molecule has 0 aliphatic carbocycles. The number of carbonyl (C=O) groups is 1. The Bertz CT molecular complexity index is 1290. The number of aldehydes is 1. The van der Waals surface area contributed by atoms with Gasteiger partial charge in [0.1, 0.15) is 24.4 Å². The molecule has 212 valence electrons. The molecule has 0 fully saturated rings. The van der Waals surface area contributed by atoms with Crippen molar-refractivity contribution in [2.75, 3.05) is 5.75 Å². The number of carbonyl (C=O) groups excluding carboxylic acids is 1. The number of ether oxygens (including phenoxy) is 3. The molecule has 4 atom stereocenters. The normalized spacial score (nSPS) is 14.4. The topological polar surface area (TPSA) is 65.0 Å². The van der Waals surface area contributed by atoms with E-state index in [2.05, 4.69) is 0 Å². The molecule has 0 saturated heterocycles. The summed E-state index contributed by atoms with van der Waals surface area (Å²) >= 11 is 1.67. The summed E-state index contributed by atoms with van der Waals surface area (Å²) in [4.78, 5) is 13.6. The third-order valence-corrected chi connectivity index (χ3v) is 7.36. The van der Waals surface area contributed by atoms with Crippen molar-refractivity contribution in [1.82, 2.24) is 0 Å². The molecule has 0 unspecified atom stereocenters. The number of benzene rings is 4. The maximum absolute atomic E-state index is 12.4. The minimum Gasteiger partial charge on any atom is -0.386 e. The predicted molar refractivity (Wildman–Crippen MR) is 163 cm³/mol. The lowest BCUT2D eigenvalue weighted by Crippen LogP contribution is -2.48. The van der Waals surface area contributed by atoms with Gasteiger partial charge in [0.25, 0.3) is 0 Å². The summed E-state index contributed by atoms with van der Waals surface area (Å²) in [7, 11) is 0.